The predicted molar refractivity (Wildman–Crippen MR) is 88.5 cm³/mol. The quantitative estimate of drug-likeness (QED) is 0.793. The first-order chi connectivity index (χ1) is 10.2. The van der Waals surface area contributed by atoms with Crippen molar-refractivity contribution in [2.24, 2.45) is 0 Å². The normalized spacial score (nSPS) is 10.8. The molecule has 21 heavy (non-hydrogen) atoms. The Kier molecular flexibility index (Phi) is 5.64. The molecule has 2 aromatic carbocycles. The standard InChI is InChI=1S/C18H24N2O/c1-20(14-16-7-4-3-5-8-16)12-6-9-15-10-11-18(21-2)17(19)13-15/h3-5,7-8,10-11,13H,6,9,12,14,19H2,1-2H3. The number of benzene rings is 2. The molecule has 112 valence electrons. The molecule has 0 fully saturated rings. The molecule has 0 aliphatic carbocycles. The summed E-state index contributed by atoms with van der Waals surface area (Å²) in [4.78, 5) is 2.35. The maximum Gasteiger partial charge on any atom is 0.141 e. The van der Waals surface area contributed by atoms with Gasteiger partial charge in [-0.05, 0) is 49.7 Å². The highest BCUT2D eigenvalue weighted by Crippen LogP contribution is 2.22. The third kappa shape index (κ3) is 4.80. The van der Waals surface area contributed by atoms with Gasteiger partial charge in [0.05, 0.1) is 12.8 Å². The largest absolute Gasteiger partial charge is 0.495 e. The third-order valence-electron chi connectivity index (χ3n) is 3.59. The van der Waals surface area contributed by atoms with E-state index in [1.165, 1.54) is 11.1 Å². The summed E-state index contributed by atoms with van der Waals surface area (Å²) in [5, 5.41) is 0. The van der Waals surface area contributed by atoms with Gasteiger partial charge in [-0.25, -0.2) is 0 Å². The summed E-state index contributed by atoms with van der Waals surface area (Å²) in [6.07, 6.45) is 2.16. The molecule has 0 spiro atoms. The second kappa shape index (κ2) is 7.70. The van der Waals surface area contributed by atoms with E-state index in [-0.39, 0.29) is 0 Å². The van der Waals surface area contributed by atoms with Gasteiger partial charge < -0.3 is 15.4 Å². The molecule has 0 aromatic heterocycles. The van der Waals surface area contributed by atoms with Crippen molar-refractivity contribution >= 4 is 5.69 Å². The summed E-state index contributed by atoms with van der Waals surface area (Å²) < 4.78 is 5.18. The second-order valence-corrected chi connectivity index (χ2v) is 5.40. The number of ether oxygens (including phenoxy) is 1. The van der Waals surface area contributed by atoms with Gasteiger partial charge >= 0.3 is 0 Å². The summed E-state index contributed by atoms with van der Waals surface area (Å²) in [6.45, 7) is 2.06. The summed E-state index contributed by atoms with van der Waals surface area (Å²) >= 11 is 0. The van der Waals surface area contributed by atoms with E-state index in [9.17, 15) is 0 Å². The van der Waals surface area contributed by atoms with E-state index in [4.69, 9.17) is 10.5 Å². The van der Waals surface area contributed by atoms with Gasteiger partial charge in [-0.15, -0.1) is 0 Å². The number of hydrogen-bond acceptors (Lipinski definition) is 3. The zero-order chi connectivity index (χ0) is 15.1. The lowest BCUT2D eigenvalue weighted by atomic mass is 10.1. The molecule has 0 unspecified atom stereocenters. The van der Waals surface area contributed by atoms with E-state index in [1.54, 1.807) is 7.11 Å². The molecule has 0 bridgehead atoms. The van der Waals surface area contributed by atoms with Crippen LogP contribution in [0.4, 0.5) is 5.69 Å². The lowest BCUT2D eigenvalue weighted by molar-refractivity contribution is 0.322. The Labute approximate surface area is 127 Å². The molecule has 2 rings (SSSR count). The SMILES string of the molecule is COc1ccc(CCCN(C)Cc2ccccc2)cc1N. The predicted octanol–water partition coefficient (Wildman–Crippen LogP) is 3.34. The van der Waals surface area contributed by atoms with Crippen LogP contribution < -0.4 is 10.5 Å². The molecule has 0 aliphatic rings. The molecule has 3 nitrogen and oxygen atoms in total. The van der Waals surface area contributed by atoms with E-state index < -0.39 is 0 Å². The van der Waals surface area contributed by atoms with Gasteiger partial charge in [-0.1, -0.05) is 36.4 Å². The lowest BCUT2D eigenvalue weighted by Crippen LogP contribution is -2.19. The van der Waals surface area contributed by atoms with Crippen molar-refractivity contribution < 1.29 is 4.74 Å². The summed E-state index contributed by atoms with van der Waals surface area (Å²) in [5.41, 5.74) is 9.27. The van der Waals surface area contributed by atoms with Gasteiger partial charge in [-0.2, -0.15) is 0 Å². The lowest BCUT2D eigenvalue weighted by Gasteiger charge is -2.16. The molecule has 2 aromatic rings. The van der Waals surface area contributed by atoms with E-state index in [2.05, 4.69) is 48.3 Å². The van der Waals surface area contributed by atoms with Crippen molar-refractivity contribution in [2.75, 3.05) is 26.4 Å². The van der Waals surface area contributed by atoms with Crippen LogP contribution in [0.5, 0.6) is 5.75 Å². The molecular weight excluding hydrogens is 260 g/mol. The zero-order valence-corrected chi connectivity index (χ0v) is 12.9. The first-order valence-corrected chi connectivity index (χ1v) is 7.34. The molecule has 0 atom stereocenters. The van der Waals surface area contributed by atoms with Crippen LogP contribution in [-0.4, -0.2) is 25.6 Å². The maximum atomic E-state index is 5.93. The van der Waals surface area contributed by atoms with Gasteiger partial charge in [0.25, 0.3) is 0 Å². The zero-order valence-electron chi connectivity index (χ0n) is 12.9. The third-order valence-corrected chi connectivity index (χ3v) is 3.59. The number of hydrogen-bond donors (Lipinski definition) is 1. The van der Waals surface area contributed by atoms with Crippen molar-refractivity contribution in [1.82, 2.24) is 4.90 Å². The number of anilines is 1. The highest BCUT2D eigenvalue weighted by Gasteiger charge is 2.03. The molecule has 0 aliphatic heterocycles. The fraction of sp³-hybridized carbons (Fsp3) is 0.333. The number of methoxy groups -OCH3 is 1. The van der Waals surface area contributed by atoms with Gasteiger partial charge in [0.15, 0.2) is 0 Å². The van der Waals surface area contributed by atoms with Gasteiger partial charge in [-0.3, -0.25) is 0 Å². The van der Waals surface area contributed by atoms with Crippen molar-refractivity contribution in [3.05, 3.63) is 59.7 Å². The van der Waals surface area contributed by atoms with E-state index >= 15 is 0 Å². The molecule has 0 saturated heterocycles. The van der Waals surface area contributed by atoms with Gasteiger partial charge in [0.2, 0.25) is 0 Å². The Morgan fingerprint density at radius 2 is 1.81 bits per heavy atom. The molecule has 0 saturated carbocycles. The summed E-state index contributed by atoms with van der Waals surface area (Å²) in [6, 6.07) is 16.6. The van der Waals surface area contributed by atoms with E-state index in [1.807, 2.05) is 12.1 Å². The highest BCUT2D eigenvalue weighted by molar-refractivity contribution is 5.54. The Morgan fingerprint density at radius 3 is 2.48 bits per heavy atom. The first-order valence-electron chi connectivity index (χ1n) is 7.34. The Bertz CT molecular complexity index is 554. The Morgan fingerprint density at radius 1 is 1.05 bits per heavy atom. The smallest absolute Gasteiger partial charge is 0.141 e. The molecular formula is C18H24N2O. The minimum Gasteiger partial charge on any atom is -0.495 e. The van der Waals surface area contributed by atoms with Gasteiger partial charge in [0.1, 0.15) is 5.75 Å². The Hall–Kier alpha value is -2.00. The molecule has 3 heteroatoms. The van der Waals surface area contributed by atoms with Crippen molar-refractivity contribution in [1.29, 1.82) is 0 Å². The maximum absolute atomic E-state index is 5.93. The van der Waals surface area contributed by atoms with E-state index in [0.29, 0.717) is 5.69 Å². The number of nitrogens with zero attached hydrogens (tertiary/aromatic N) is 1. The average molecular weight is 284 g/mol. The minimum atomic E-state index is 0.715. The first kappa shape index (κ1) is 15.4. The van der Waals surface area contributed by atoms with Crippen molar-refractivity contribution in [2.45, 2.75) is 19.4 Å². The monoisotopic (exact) mass is 284 g/mol. The highest BCUT2D eigenvalue weighted by atomic mass is 16.5. The number of nitrogens with two attached hydrogens (primary N) is 1. The molecule has 0 amide bonds. The van der Waals surface area contributed by atoms with Crippen LogP contribution >= 0.6 is 0 Å². The molecule has 2 N–H and O–H groups in total. The van der Waals surface area contributed by atoms with Crippen LogP contribution in [0.1, 0.15) is 17.5 Å². The fourth-order valence-corrected chi connectivity index (χ4v) is 2.47. The topological polar surface area (TPSA) is 38.5 Å². The summed E-state index contributed by atoms with van der Waals surface area (Å²) in [5.74, 6) is 0.750. The molecule has 0 heterocycles. The average Bonchev–Trinajstić information content (AvgIpc) is 2.48. The van der Waals surface area contributed by atoms with Crippen LogP contribution in [0.15, 0.2) is 48.5 Å². The van der Waals surface area contributed by atoms with Crippen LogP contribution in [0.25, 0.3) is 0 Å². The van der Waals surface area contributed by atoms with Crippen molar-refractivity contribution in [3.63, 3.8) is 0 Å². The van der Waals surface area contributed by atoms with Crippen molar-refractivity contribution in [3.8, 4) is 5.75 Å². The van der Waals surface area contributed by atoms with Crippen LogP contribution in [-0.2, 0) is 13.0 Å². The number of aryl methyl sites for hydroxylation is 1. The Balaban J connectivity index is 1.77. The van der Waals surface area contributed by atoms with Crippen LogP contribution in [0.3, 0.4) is 0 Å². The number of rotatable bonds is 7. The van der Waals surface area contributed by atoms with Gasteiger partial charge in [0, 0.05) is 6.54 Å². The molecule has 0 radical (unpaired) electrons. The number of nitrogen functional groups attached to an aromatic ring is 1. The van der Waals surface area contributed by atoms with E-state index in [0.717, 1.165) is 31.7 Å². The summed E-state index contributed by atoms with van der Waals surface area (Å²) in [7, 11) is 3.80. The van der Waals surface area contributed by atoms with Crippen LogP contribution in [0.2, 0.25) is 0 Å². The second-order valence-electron chi connectivity index (χ2n) is 5.40. The minimum absolute atomic E-state index is 0.715. The van der Waals surface area contributed by atoms with Crippen LogP contribution in [0, 0.1) is 0 Å². The fourth-order valence-electron chi connectivity index (χ4n) is 2.47.